The molecule has 0 amide bonds. The Hall–Kier alpha value is -0.530. The minimum absolute atomic E-state index is 0.208. The van der Waals surface area contributed by atoms with E-state index in [-0.39, 0.29) is 5.41 Å². The van der Waals surface area contributed by atoms with Crippen molar-refractivity contribution in [1.29, 1.82) is 0 Å². The molecule has 0 aromatic heterocycles. The van der Waals surface area contributed by atoms with E-state index in [4.69, 9.17) is 11.6 Å². The lowest BCUT2D eigenvalue weighted by Gasteiger charge is -2.33. The molecular formula is C16H26ClN. The molecule has 102 valence electrons. The van der Waals surface area contributed by atoms with Gasteiger partial charge in [-0.15, -0.1) is 0 Å². The summed E-state index contributed by atoms with van der Waals surface area (Å²) >= 11 is 6.13. The Morgan fingerprint density at radius 2 is 1.89 bits per heavy atom. The van der Waals surface area contributed by atoms with E-state index < -0.39 is 0 Å². The molecule has 0 bridgehead atoms. The first kappa shape index (κ1) is 15.5. The summed E-state index contributed by atoms with van der Waals surface area (Å²) in [6.07, 6.45) is 2.27. The Kier molecular flexibility index (Phi) is 6.17. The van der Waals surface area contributed by atoms with E-state index in [1.54, 1.807) is 0 Å². The van der Waals surface area contributed by atoms with Gasteiger partial charge in [-0.25, -0.2) is 0 Å². The van der Waals surface area contributed by atoms with Gasteiger partial charge in [-0.05, 0) is 43.0 Å². The third-order valence-electron chi connectivity index (χ3n) is 3.81. The van der Waals surface area contributed by atoms with Gasteiger partial charge in [0.25, 0.3) is 0 Å². The van der Waals surface area contributed by atoms with E-state index in [0.717, 1.165) is 31.0 Å². The highest BCUT2D eigenvalue weighted by atomic mass is 35.5. The van der Waals surface area contributed by atoms with Gasteiger partial charge < -0.3 is 5.32 Å². The molecule has 0 spiro atoms. The molecule has 1 aromatic carbocycles. The molecule has 1 rings (SSSR count). The van der Waals surface area contributed by atoms with Gasteiger partial charge in [0.1, 0.15) is 0 Å². The minimum atomic E-state index is 0.208. The van der Waals surface area contributed by atoms with Crippen LogP contribution in [0.25, 0.3) is 0 Å². The van der Waals surface area contributed by atoms with Gasteiger partial charge in [0.05, 0.1) is 0 Å². The van der Waals surface area contributed by atoms with Crippen LogP contribution in [0, 0.1) is 5.92 Å². The molecule has 1 N–H and O–H groups in total. The Morgan fingerprint density at radius 1 is 1.22 bits per heavy atom. The molecule has 0 atom stereocenters. The van der Waals surface area contributed by atoms with Crippen molar-refractivity contribution in [3.05, 3.63) is 34.9 Å². The predicted molar refractivity (Wildman–Crippen MR) is 81.4 cm³/mol. The van der Waals surface area contributed by atoms with Gasteiger partial charge in [-0.3, -0.25) is 0 Å². The molecule has 0 radical (unpaired) electrons. The fraction of sp³-hybridized carbons (Fsp3) is 0.625. The topological polar surface area (TPSA) is 12.0 Å². The van der Waals surface area contributed by atoms with Crippen LogP contribution in [0.4, 0.5) is 0 Å². The highest BCUT2D eigenvalue weighted by Crippen LogP contribution is 2.32. The first-order valence-corrected chi connectivity index (χ1v) is 7.38. The molecule has 0 aliphatic rings. The van der Waals surface area contributed by atoms with E-state index >= 15 is 0 Å². The van der Waals surface area contributed by atoms with Crippen LogP contribution >= 0.6 is 11.6 Å². The van der Waals surface area contributed by atoms with Crippen LogP contribution in [0.3, 0.4) is 0 Å². The van der Waals surface area contributed by atoms with Crippen molar-refractivity contribution in [1.82, 2.24) is 5.32 Å². The van der Waals surface area contributed by atoms with Crippen LogP contribution in [0.1, 0.15) is 46.1 Å². The highest BCUT2D eigenvalue weighted by Gasteiger charge is 2.28. The Bertz CT molecular complexity index is 356. The summed E-state index contributed by atoms with van der Waals surface area (Å²) in [5.41, 5.74) is 1.57. The predicted octanol–water partition coefficient (Wildman–Crippen LogP) is 4.64. The van der Waals surface area contributed by atoms with Gasteiger partial charge in [-0.2, -0.15) is 0 Å². The van der Waals surface area contributed by atoms with Crippen molar-refractivity contribution in [2.45, 2.75) is 46.0 Å². The number of rotatable bonds is 7. The average molecular weight is 268 g/mol. The zero-order valence-corrected chi connectivity index (χ0v) is 12.8. The third kappa shape index (κ3) is 4.00. The van der Waals surface area contributed by atoms with E-state index in [1.165, 1.54) is 5.56 Å². The summed E-state index contributed by atoms with van der Waals surface area (Å²) in [7, 11) is 0. The lowest BCUT2D eigenvalue weighted by Crippen LogP contribution is -2.38. The fourth-order valence-corrected chi connectivity index (χ4v) is 2.62. The van der Waals surface area contributed by atoms with Crippen LogP contribution in [0.2, 0.25) is 5.02 Å². The Balaban J connectivity index is 2.85. The molecule has 0 heterocycles. The molecule has 18 heavy (non-hydrogen) atoms. The summed E-state index contributed by atoms with van der Waals surface area (Å²) in [5.74, 6) is 0.691. The van der Waals surface area contributed by atoms with Crippen molar-refractivity contribution in [3.63, 3.8) is 0 Å². The van der Waals surface area contributed by atoms with Crippen molar-refractivity contribution >= 4 is 11.6 Å². The molecule has 0 aliphatic carbocycles. The zero-order valence-electron chi connectivity index (χ0n) is 12.1. The number of hydrogen-bond acceptors (Lipinski definition) is 1. The molecule has 0 saturated carbocycles. The summed E-state index contributed by atoms with van der Waals surface area (Å²) < 4.78 is 0. The smallest absolute Gasteiger partial charge is 0.0408 e. The second kappa shape index (κ2) is 7.16. The standard InChI is InChI=1S/C16H26ClN/c1-5-16(6-2,12-18-11-13(3)4)14-8-7-9-15(17)10-14/h7-10,13,18H,5-6,11-12H2,1-4H3. The maximum Gasteiger partial charge on any atom is 0.0408 e. The molecule has 0 aliphatic heterocycles. The second-order valence-corrected chi connectivity index (χ2v) is 5.96. The molecule has 0 saturated heterocycles. The highest BCUT2D eigenvalue weighted by molar-refractivity contribution is 6.30. The summed E-state index contributed by atoms with van der Waals surface area (Å²) in [6, 6.07) is 8.32. The first-order valence-electron chi connectivity index (χ1n) is 7.01. The Labute approximate surface area is 117 Å². The van der Waals surface area contributed by atoms with Gasteiger partial charge in [0.2, 0.25) is 0 Å². The van der Waals surface area contributed by atoms with E-state index in [9.17, 15) is 0 Å². The zero-order chi connectivity index (χ0) is 13.6. The van der Waals surface area contributed by atoms with Crippen LogP contribution < -0.4 is 5.32 Å². The quantitative estimate of drug-likeness (QED) is 0.759. The van der Waals surface area contributed by atoms with Gasteiger partial charge in [-0.1, -0.05) is 51.4 Å². The van der Waals surface area contributed by atoms with Gasteiger partial charge in [0.15, 0.2) is 0 Å². The van der Waals surface area contributed by atoms with E-state index in [1.807, 2.05) is 6.07 Å². The van der Waals surface area contributed by atoms with Crippen molar-refractivity contribution in [2.75, 3.05) is 13.1 Å². The summed E-state index contributed by atoms with van der Waals surface area (Å²) in [4.78, 5) is 0. The minimum Gasteiger partial charge on any atom is -0.316 e. The van der Waals surface area contributed by atoms with Crippen LogP contribution in [-0.2, 0) is 5.41 Å². The lowest BCUT2D eigenvalue weighted by atomic mass is 9.75. The Morgan fingerprint density at radius 3 is 2.39 bits per heavy atom. The largest absolute Gasteiger partial charge is 0.316 e. The van der Waals surface area contributed by atoms with Crippen molar-refractivity contribution in [2.24, 2.45) is 5.92 Å². The van der Waals surface area contributed by atoms with Crippen LogP contribution in [0.5, 0.6) is 0 Å². The SMILES string of the molecule is CCC(CC)(CNCC(C)C)c1cccc(Cl)c1. The number of halogens is 1. The summed E-state index contributed by atoms with van der Waals surface area (Å²) in [5, 5.41) is 4.44. The normalized spacial score (nSPS) is 12.1. The maximum atomic E-state index is 6.13. The second-order valence-electron chi connectivity index (χ2n) is 5.52. The molecule has 0 unspecified atom stereocenters. The fourth-order valence-electron chi connectivity index (χ4n) is 2.43. The molecule has 0 fully saturated rings. The molecule has 1 aromatic rings. The monoisotopic (exact) mass is 267 g/mol. The third-order valence-corrected chi connectivity index (χ3v) is 4.04. The number of hydrogen-bond donors (Lipinski definition) is 1. The van der Waals surface area contributed by atoms with Gasteiger partial charge in [0, 0.05) is 17.0 Å². The summed E-state index contributed by atoms with van der Waals surface area (Å²) in [6.45, 7) is 11.1. The first-order chi connectivity index (χ1) is 8.54. The van der Waals surface area contributed by atoms with Gasteiger partial charge >= 0.3 is 0 Å². The molecule has 2 heteroatoms. The van der Waals surface area contributed by atoms with E-state index in [2.05, 4.69) is 51.2 Å². The molecular weight excluding hydrogens is 242 g/mol. The van der Waals surface area contributed by atoms with Crippen molar-refractivity contribution in [3.8, 4) is 0 Å². The van der Waals surface area contributed by atoms with Crippen LogP contribution in [-0.4, -0.2) is 13.1 Å². The average Bonchev–Trinajstić information content (AvgIpc) is 2.35. The van der Waals surface area contributed by atoms with Crippen LogP contribution in [0.15, 0.2) is 24.3 Å². The van der Waals surface area contributed by atoms with E-state index in [0.29, 0.717) is 5.92 Å². The number of nitrogens with one attached hydrogen (secondary N) is 1. The lowest BCUT2D eigenvalue weighted by molar-refractivity contribution is 0.359. The molecule has 1 nitrogen and oxygen atoms in total. The van der Waals surface area contributed by atoms with Crippen molar-refractivity contribution < 1.29 is 0 Å². The maximum absolute atomic E-state index is 6.13. The number of benzene rings is 1.